The number of hydrogen-bond acceptors (Lipinski definition) is 3. The fourth-order valence-corrected chi connectivity index (χ4v) is 4.82. The van der Waals surface area contributed by atoms with Crippen molar-refractivity contribution < 1.29 is 4.74 Å². The SMILES string of the molecule is Brc1ccc2c(c1)[C@H]1CC(c3ccc4ccccc4c3)=NN1[C@@H](c1ccccc1)O2. The number of halogens is 1. The van der Waals surface area contributed by atoms with Crippen molar-refractivity contribution in [3.63, 3.8) is 0 Å². The molecule has 2 heterocycles. The van der Waals surface area contributed by atoms with Gasteiger partial charge in [0.05, 0.1) is 11.8 Å². The van der Waals surface area contributed by atoms with Gasteiger partial charge in [0.2, 0.25) is 6.23 Å². The van der Waals surface area contributed by atoms with Gasteiger partial charge < -0.3 is 4.74 Å². The zero-order valence-electron chi connectivity index (χ0n) is 16.2. The van der Waals surface area contributed by atoms with E-state index in [-0.39, 0.29) is 12.3 Å². The van der Waals surface area contributed by atoms with Crippen molar-refractivity contribution in [2.75, 3.05) is 0 Å². The first-order chi connectivity index (χ1) is 14.8. The van der Waals surface area contributed by atoms with Gasteiger partial charge in [-0.2, -0.15) is 5.10 Å². The number of benzene rings is 4. The molecule has 3 nitrogen and oxygen atoms in total. The predicted octanol–water partition coefficient (Wildman–Crippen LogP) is 6.84. The molecule has 4 aromatic carbocycles. The van der Waals surface area contributed by atoms with Gasteiger partial charge in [-0.15, -0.1) is 0 Å². The summed E-state index contributed by atoms with van der Waals surface area (Å²) in [5.74, 6) is 0.934. The number of fused-ring (bicyclic) bond motifs is 4. The lowest BCUT2D eigenvalue weighted by molar-refractivity contribution is -0.0190. The average Bonchev–Trinajstić information content (AvgIpc) is 3.25. The molecule has 0 fully saturated rings. The van der Waals surface area contributed by atoms with Crippen LogP contribution in [0.1, 0.15) is 35.4 Å². The maximum atomic E-state index is 6.44. The molecule has 0 amide bonds. The Morgan fingerprint density at radius 1 is 0.833 bits per heavy atom. The van der Waals surface area contributed by atoms with Gasteiger partial charge in [0, 0.05) is 22.0 Å². The van der Waals surface area contributed by atoms with Crippen LogP contribution in [0.5, 0.6) is 5.75 Å². The van der Waals surface area contributed by atoms with Crippen molar-refractivity contribution in [2.24, 2.45) is 5.10 Å². The first-order valence-electron chi connectivity index (χ1n) is 10.1. The molecule has 2 aliphatic rings. The van der Waals surface area contributed by atoms with E-state index in [1.54, 1.807) is 0 Å². The maximum absolute atomic E-state index is 6.44. The van der Waals surface area contributed by atoms with E-state index in [0.717, 1.165) is 27.9 Å². The second kappa shape index (κ2) is 6.99. The van der Waals surface area contributed by atoms with Gasteiger partial charge in [-0.05, 0) is 40.6 Å². The minimum absolute atomic E-state index is 0.151. The van der Waals surface area contributed by atoms with E-state index < -0.39 is 0 Å². The highest BCUT2D eigenvalue weighted by Gasteiger charge is 2.41. The summed E-state index contributed by atoms with van der Waals surface area (Å²) in [5.41, 5.74) is 4.56. The summed E-state index contributed by atoms with van der Waals surface area (Å²) in [6.07, 6.45) is 0.622. The van der Waals surface area contributed by atoms with Gasteiger partial charge in [-0.3, -0.25) is 0 Å². The van der Waals surface area contributed by atoms with Crippen LogP contribution < -0.4 is 4.74 Å². The molecular weight excluding hydrogens is 436 g/mol. The lowest BCUT2D eigenvalue weighted by atomic mass is 9.95. The van der Waals surface area contributed by atoms with E-state index in [0.29, 0.717) is 0 Å². The van der Waals surface area contributed by atoms with Gasteiger partial charge in [-0.25, -0.2) is 5.01 Å². The number of hydrazone groups is 1. The second-order valence-corrected chi connectivity index (χ2v) is 8.69. The summed E-state index contributed by atoms with van der Waals surface area (Å²) < 4.78 is 7.50. The monoisotopic (exact) mass is 454 g/mol. The molecule has 4 aromatic rings. The molecule has 2 aliphatic heterocycles. The second-order valence-electron chi connectivity index (χ2n) is 7.77. The Balaban J connectivity index is 1.46. The van der Waals surface area contributed by atoms with Gasteiger partial charge in [-0.1, -0.05) is 82.7 Å². The van der Waals surface area contributed by atoms with Crippen molar-refractivity contribution in [1.82, 2.24) is 5.01 Å². The molecule has 2 atom stereocenters. The summed E-state index contributed by atoms with van der Waals surface area (Å²) in [7, 11) is 0. The largest absolute Gasteiger partial charge is 0.464 e. The molecule has 0 saturated heterocycles. The van der Waals surface area contributed by atoms with Gasteiger partial charge >= 0.3 is 0 Å². The highest BCUT2D eigenvalue weighted by atomic mass is 79.9. The van der Waals surface area contributed by atoms with Crippen molar-refractivity contribution in [1.29, 1.82) is 0 Å². The van der Waals surface area contributed by atoms with E-state index in [1.165, 1.54) is 21.9 Å². The summed E-state index contributed by atoms with van der Waals surface area (Å²) >= 11 is 3.62. The first kappa shape index (κ1) is 17.7. The van der Waals surface area contributed by atoms with Crippen LogP contribution in [-0.4, -0.2) is 10.7 Å². The molecule has 0 radical (unpaired) electrons. The predicted molar refractivity (Wildman–Crippen MR) is 124 cm³/mol. The summed E-state index contributed by atoms with van der Waals surface area (Å²) in [6.45, 7) is 0. The fraction of sp³-hybridized carbons (Fsp3) is 0.115. The minimum Gasteiger partial charge on any atom is -0.464 e. The van der Waals surface area contributed by atoms with E-state index in [4.69, 9.17) is 9.84 Å². The van der Waals surface area contributed by atoms with Crippen LogP contribution in [0.4, 0.5) is 0 Å². The van der Waals surface area contributed by atoms with Crippen LogP contribution in [0.3, 0.4) is 0 Å². The van der Waals surface area contributed by atoms with Crippen molar-refractivity contribution in [2.45, 2.75) is 18.7 Å². The Morgan fingerprint density at radius 3 is 2.50 bits per heavy atom. The zero-order valence-corrected chi connectivity index (χ0v) is 17.8. The molecule has 0 N–H and O–H groups in total. The lowest BCUT2D eigenvalue weighted by Crippen LogP contribution is -2.33. The molecule has 4 heteroatoms. The van der Waals surface area contributed by atoms with Gasteiger partial charge in [0.1, 0.15) is 5.75 Å². The highest BCUT2D eigenvalue weighted by Crippen LogP contribution is 2.48. The maximum Gasteiger partial charge on any atom is 0.213 e. The minimum atomic E-state index is -0.233. The summed E-state index contributed by atoms with van der Waals surface area (Å²) in [5, 5.41) is 9.70. The molecule has 0 bridgehead atoms. The Hall–Kier alpha value is -3.11. The molecule has 6 rings (SSSR count). The normalized spacial score (nSPS) is 19.8. The van der Waals surface area contributed by atoms with Crippen LogP contribution in [0.25, 0.3) is 10.8 Å². The van der Waals surface area contributed by atoms with Crippen LogP contribution in [0.2, 0.25) is 0 Å². The molecular formula is C26H19BrN2O. The van der Waals surface area contributed by atoms with E-state index in [9.17, 15) is 0 Å². The quantitative estimate of drug-likeness (QED) is 0.331. The number of rotatable bonds is 2. The molecule has 0 spiro atoms. The van der Waals surface area contributed by atoms with Crippen molar-refractivity contribution >= 4 is 32.4 Å². The third-order valence-electron chi connectivity index (χ3n) is 5.92. The molecule has 146 valence electrons. The van der Waals surface area contributed by atoms with E-state index in [2.05, 4.69) is 99.8 Å². The summed E-state index contributed by atoms with van der Waals surface area (Å²) in [6, 6.07) is 31.8. The lowest BCUT2D eigenvalue weighted by Gasteiger charge is -2.38. The van der Waals surface area contributed by atoms with Gasteiger partial charge in [0.15, 0.2) is 0 Å². The highest BCUT2D eigenvalue weighted by molar-refractivity contribution is 9.10. The topological polar surface area (TPSA) is 24.8 Å². The van der Waals surface area contributed by atoms with Crippen molar-refractivity contribution in [3.05, 3.63) is 112 Å². The molecule has 0 unspecified atom stereocenters. The standard InChI is InChI=1S/C26H19BrN2O/c27-21-12-13-25-22(15-21)24-16-23(20-11-10-17-6-4-5-9-19(17)14-20)28-29(24)26(30-25)18-7-2-1-3-8-18/h1-15,24,26H,16H2/t24-,26-/m1/s1. The van der Waals surface area contributed by atoms with Gasteiger partial charge in [0.25, 0.3) is 0 Å². The van der Waals surface area contributed by atoms with E-state index in [1.807, 2.05) is 12.1 Å². The van der Waals surface area contributed by atoms with E-state index >= 15 is 0 Å². The third kappa shape index (κ3) is 2.91. The van der Waals surface area contributed by atoms with Crippen LogP contribution in [0.15, 0.2) is 101 Å². The Bertz CT molecular complexity index is 1280. The molecule has 0 aromatic heterocycles. The van der Waals surface area contributed by atoms with Crippen LogP contribution in [-0.2, 0) is 0 Å². The fourth-order valence-electron chi connectivity index (χ4n) is 4.44. The smallest absolute Gasteiger partial charge is 0.213 e. The molecule has 0 aliphatic carbocycles. The Morgan fingerprint density at radius 2 is 1.63 bits per heavy atom. The van der Waals surface area contributed by atoms with Crippen LogP contribution in [0, 0.1) is 0 Å². The summed E-state index contributed by atoms with van der Waals surface area (Å²) in [4.78, 5) is 0. The van der Waals surface area contributed by atoms with Crippen LogP contribution >= 0.6 is 15.9 Å². The number of hydrogen-bond donors (Lipinski definition) is 0. The first-order valence-corrected chi connectivity index (χ1v) is 10.9. The average molecular weight is 455 g/mol. The number of nitrogens with zero attached hydrogens (tertiary/aromatic N) is 2. The third-order valence-corrected chi connectivity index (χ3v) is 6.41. The zero-order chi connectivity index (χ0) is 20.1. The number of ether oxygens (including phenoxy) is 1. The molecule has 0 saturated carbocycles. The molecule has 30 heavy (non-hydrogen) atoms. The Kier molecular flexibility index (Phi) is 4.13. The Labute approximate surface area is 183 Å². The van der Waals surface area contributed by atoms with Crippen molar-refractivity contribution in [3.8, 4) is 5.75 Å².